The molecule has 0 bridgehead atoms. The van der Waals surface area contributed by atoms with Gasteiger partial charge in [0.2, 0.25) is 0 Å². The van der Waals surface area contributed by atoms with E-state index in [-0.39, 0.29) is 17.8 Å². The van der Waals surface area contributed by atoms with Crippen molar-refractivity contribution in [2.45, 2.75) is 44.6 Å². The SMILES string of the molecule is C[C@@H](NC(=O)c1ccc(Cl)cc1)C1CCC(c2ccnc3c(F)cccc23)CC1. The molecule has 1 saturated carbocycles. The van der Waals surface area contributed by atoms with Gasteiger partial charge in [0.1, 0.15) is 11.3 Å². The Bertz CT molecular complexity index is 1010. The monoisotopic (exact) mass is 410 g/mol. The van der Waals surface area contributed by atoms with Crippen molar-refractivity contribution < 1.29 is 9.18 Å². The number of amides is 1. The van der Waals surface area contributed by atoms with E-state index in [1.807, 2.05) is 12.1 Å². The Morgan fingerprint density at radius 1 is 1.10 bits per heavy atom. The fraction of sp³-hybridized carbons (Fsp3) is 0.333. The number of pyridine rings is 1. The first-order valence-electron chi connectivity index (χ1n) is 10.1. The molecule has 0 unspecified atom stereocenters. The molecule has 29 heavy (non-hydrogen) atoms. The Morgan fingerprint density at radius 2 is 1.83 bits per heavy atom. The number of nitrogens with one attached hydrogen (secondary N) is 1. The molecule has 1 N–H and O–H groups in total. The van der Waals surface area contributed by atoms with Gasteiger partial charge in [-0.05, 0) is 86.4 Å². The minimum Gasteiger partial charge on any atom is -0.349 e. The van der Waals surface area contributed by atoms with E-state index in [9.17, 15) is 9.18 Å². The van der Waals surface area contributed by atoms with E-state index in [0.29, 0.717) is 27.9 Å². The number of benzene rings is 2. The van der Waals surface area contributed by atoms with Gasteiger partial charge in [-0.25, -0.2) is 4.39 Å². The Hall–Kier alpha value is -2.46. The molecule has 0 aliphatic heterocycles. The molecular formula is C24H24ClFN2O. The summed E-state index contributed by atoms with van der Waals surface area (Å²) >= 11 is 5.90. The van der Waals surface area contributed by atoms with Crippen LogP contribution in [0.25, 0.3) is 10.9 Å². The Balaban J connectivity index is 1.40. The lowest BCUT2D eigenvalue weighted by molar-refractivity contribution is 0.0918. The highest BCUT2D eigenvalue weighted by Gasteiger charge is 2.28. The van der Waals surface area contributed by atoms with Gasteiger partial charge in [-0.15, -0.1) is 0 Å². The number of aromatic nitrogens is 1. The number of hydrogen-bond donors (Lipinski definition) is 1. The molecule has 1 atom stereocenters. The van der Waals surface area contributed by atoms with E-state index in [0.717, 1.165) is 31.1 Å². The molecule has 1 heterocycles. The van der Waals surface area contributed by atoms with Gasteiger partial charge in [-0.2, -0.15) is 0 Å². The van der Waals surface area contributed by atoms with Crippen LogP contribution in [0.15, 0.2) is 54.7 Å². The number of rotatable bonds is 4. The minimum absolute atomic E-state index is 0.0631. The number of carbonyl (C=O) groups excluding carboxylic acids is 1. The highest BCUT2D eigenvalue weighted by Crippen LogP contribution is 2.39. The average Bonchev–Trinajstić information content (AvgIpc) is 2.74. The molecule has 3 aromatic rings. The van der Waals surface area contributed by atoms with E-state index in [2.05, 4.69) is 17.2 Å². The van der Waals surface area contributed by atoms with Crippen LogP contribution in [0.4, 0.5) is 4.39 Å². The second-order valence-electron chi connectivity index (χ2n) is 7.92. The summed E-state index contributed by atoms with van der Waals surface area (Å²) < 4.78 is 14.1. The number of fused-ring (bicyclic) bond motifs is 1. The lowest BCUT2D eigenvalue weighted by Crippen LogP contribution is -2.39. The van der Waals surface area contributed by atoms with Gasteiger partial charge in [0, 0.05) is 28.2 Å². The zero-order chi connectivity index (χ0) is 20.4. The molecule has 4 rings (SSSR count). The first-order chi connectivity index (χ1) is 14.0. The molecule has 1 amide bonds. The van der Waals surface area contributed by atoms with Crippen molar-refractivity contribution in [1.29, 1.82) is 0 Å². The van der Waals surface area contributed by atoms with Gasteiger partial charge in [0.15, 0.2) is 0 Å². The standard InChI is InChI=1S/C24H24ClFN2O/c1-15(28-24(29)18-9-11-19(25)12-10-18)16-5-7-17(8-6-16)20-13-14-27-23-21(20)3-2-4-22(23)26/h2-4,9-17H,5-8H2,1H3,(H,28,29)/t15-,16?,17?/m1/s1. The predicted molar refractivity (Wildman–Crippen MR) is 115 cm³/mol. The lowest BCUT2D eigenvalue weighted by atomic mass is 9.75. The van der Waals surface area contributed by atoms with Crippen LogP contribution in [-0.4, -0.2) is 16.9 Å². The maximum atomic E-state index is 14.1. The Morgan fingerprint density at radius 3 is 2.55 bits per heavy atom. The van der Waals surface area contributed by atoms with Crippen molar-refractivity contribution in [3.05, 3.63) is 76.7 Å². The predicted octanol–water partition coefficient (Wildman–Crippen LogP) is 6.12. The summed E-state index contributed by atoms with van der Waals surface area (Å²) in [7, 11) is 0. The maximum absolute atomic E-state index is 14.1. The third-order valence-corrected chi connectivity index (χ3v) is 6.39. The average molecular weight is 411 g/mol. The third kappa shape index (κ3) is 4.27. The molecule has 1 aliphatic rings. The topological polar surface area (TPSA) is 42.0 Å². The van der Waals surface area contributed by atoms with Crippen LogP contribution in [0.5, 0.6) is 0 Å². The molecule has 5 heteroatoms. The van der Waals surface area contributed by atoms with E-state index >= 15 is 0 Å². The molecular weight excluding hydrogens is 387 g/mol. The van der Waals surface area contributed by atoms with Crippen LogP contribution in [-0.2, 0) is 0 Å². The zero-order valence-corrected chi connectivity index (χ0v) is 17.1. The van der Waals surface area contributed by atoms with Gasteiger partial charge < -0.3 is 5.32 Å². The summed E-state index contributed by atoms with van der Waals surface area (Å²) in [5.74, 6) is 0.508. The van der Waals surface area contributed by atoms with Gasteiger partial charge in [-0.3, -0.25) is 9.78 Å². The lowest BCUT2D eigenvalue weighted by Gasteiger charge is -2.33. The van der Waals surface area contributed by atoms with Gasteiger partial charge >= 0.3 is 0 Å². The molecule has 150 valence electrons. The van der Waals surface area contributed by atoms with Crippen molar-refractivity contribution in [3.63, 3.8) is 0 Å². The third-order valence-electron chi connectivity index (χ3n) is 6.14. The van der Waals surface area contributed by atoms with E-state index in [1.54, 1.807) is 36.5 Å². The summed E-state index contributed by atoms with van der Waals surface area (Å²) in [6.07, 6.45) is 5.84. The molecule has 1 aliphatic carbocycles. The van der Waals surface area contributed by atoms with Crippen LogP contribution in [0.1, 0.15) is 54.4 Å². The fourth-order valence-corrected chi connectivity index (χ4v) is 4.58. The van der Waals surface area contributed by atoms with Crippen LogP contribution in [0, 0.1) is 11.7 Å². The summed E-state index contributed by atoms with van der Waals surface area (Å²) in [4.78, 5) is 16.7. The van der Waals surface area contributed by atoms with Crippen LogP contribution < -0.4 is 5.32 Å². The van der Waals surface area contributed by atoms with E-state index < -0.39 is 0 Å². The fourth-order valence-electron chi connectivity index (χ4n) is 4.46. The Kier molecular flexibility index (Phi) is 5.81. The molecule has 0 saturated heterocycles. The second kappa shape index (κ2) is 8.50. The van der Waals surface area contributed by atoms with E-state index in [1.165, 1.54) is 11.6 Å². The number of nitrogens with zero attached hydrogens (tertiary/aromatic N) is 1. The highest BCUT2D eigenvalue weighted by molar-refractivity contribution is 6.30. The number of para-hydroxylation sites is 1. The van der Waals surface area contributed by atoms with Crippen molar-refractivity contribution in [2.75, 3.05) is 0 Å². The zero-order valence-electron chi connectivity index (χ0n) is 16.4. The van der Waals surface area contributed by atoms with Gasteiger partial charge in [-0.1, -0.05) is 23.7 Å². The van der Waals surface area contributed by atoms with E-state index in [4.69, 9.17) is 11.6 Å². The van der Waals surface area contributed by atoms with Crippen molar-refractivity contribution in [2.24, 2.45) is 5.92 Å². The number of carbonyl (C=O) groups is 1. The molecule has 2 aromatic carbocycles. The first-order valence-corrected chi connectivity index (χ1v) is 10.5. The second-order valence-corrected chi connectivity index (χ2v) is 8.35. The van der Waals surface area contributed by atoms with Crippen LogP contribution >= 0.6 is 11.6 Å². The van der Waals surface area contributed by atoms with Crippen LogP contribution in [0.2, 0.25) is 5.02 Å². The molecule has 0 radical (unpaired) electrons. The molecule has 0 spiro atoms. The molecule has 3 nitrogen and oxygen atoms in total. The highest BCUT2D eigenvalue weighted by atomic mass is 35.5. The Labute approximate surface area is 175 Å². The first kappa shape index (κ1) is 19.8. The summed E-state index contributed by atoms with van der Waals surface area (Å²) in [5.41, 5.74) is 2.27. The summed E-state index contributed by atoms with van der Waals surface area (Å²) in [6.45, 7) is 2.08. The maximum Gasteiger partial charge on any atom is 0.251 e. The van der Waals surface area contributed by atoms with Gasteiger partial charge in [0.25, 0.3) is 5.91 Å². The van der Waals surface area contributed by atoms with Gasteiger partial charge in [0.05, 0.1) is 0 Å². The smallest absolute Gasteiger partial charge is 0.251 e. The minimum atomic E-state index is -0.267. The normalized spacial score (nSPS) is 20.4. The van der Waals surface area contributed by atoms with Crippen LogP contribution in [0.3, 0.4) is 0 Å². The number of hydrogen-bond acceptors (Lipinski definition) is 2. The van der Waals surface area contributed by atoms with Crippen molar-refractivity contribution in [3.8, 4) is 0 Å². The van der Waals surface area contributed by atoms with Crippen molar-refractivity contribution in [1.82, 2.24) is 10.3 Å². The molecule has 1 fully saturated rings. The quantitative estimate of drug-likeness (QED) is 0.563. The van der Waals surface area contributed by atoms with Crippen molar-refractivity contribution >= 4 is 28.4 Å². The largest absolute Gasteiger partial charge is 0.349 e. The summed E-state index contributed by atoms with van der Waals surface area (Å²) in [6, 6.07) is 14.3. The molecule has 1 aromatic heterocycles. The number of halogens is 2. The summed E-state index contributed by atoms with van der Waals surface area (Å²) in [5, 5.41) is 4.67.